The number of benzene rings is 1. The standard InChI is InChI=1S/C14H17N2/c1-11-10-13(12-8-6-5-7-9-12)15-16(11)14(2,3)4/h5-10H,1H2,2-4H3. The van der Waals surface area contributed by atoms with Crippen LogP contribution in [0.5, 0.6) is 0 Å². The molecule has 0 spiro atoms. The summed E-state index contributed by atoms with van der Waals surface area (Å²) < 4.78 is 1.97. The monoisotopic (exact) mass is 213 g/mol. The van der Waals surface area contributed by atoms with E-state index in [0.29, 0.717) is 0 Å². The molecule has 1 aromatic carbocycles. The van der Waals surface area contributed by atoms with Gasteiger partial charge in [-0.2, -0.15) is 5.10 Å². The van der Waals surface area contributed by atoms with Crippen molar-refractivity contribution in [3.63, 3.8) is 0 Å². The Morgan fingerprint density at radius 1 is 1.12 bits per heavy atom. The smallest absolute Gasteiger partial charge is 0.0926 e. The van der Waals surface area contributed by atoms with Gasteiger partial charge in [-0.15, -0.1) is 0 Å². The van der Waals surface area contributed by atoms with Crippen molar-refractivity contribution >= 4 is 0 Å². The van der Waals surface area contributed by atoms with Gasteiger partial charge in [0.2, 0.25) is 0 Å². The SMILES string of the molecule is [CH2]c1cc(-c2ccccc2)nn1C(C)(C)C. The summed E-state index contributed by atoms with van der Waals surface area (Å²) in [5.74, 6) is 0. The third-order valence-corrected chi connectivity index (χ3v) is 2.49. The number of hydrogen-bond donors (Lipinski definition) is 0. The van der Waals surface area contributed by atoms with Crippen LogP contribution < -0.4 is 0 Å². The van der Waals surface area contributed by atoms with E-state index in [1.54, 1.807) is 0 Å². The average molecular weight is 213 g/mol. The Kier molecular flexibility index (Phi) is 2.58. The minimum Gasteiger partial charge on any atom is -0.264 e. The Bertz CT molecular complexity index is 475. The highest BCUT2D eigenvalue weighted by molar-refractivity contribution is 5.59. The van der Waals surface area contributed by atoms with Crippen LogP contribution in [0.15, 0.2) is 36.4 Å². The van der Waals surface area contributed by atoms with Gasteiger partial charge in [0.15, 0.2) is 0 Å². The van der Waals surface area contributed by atoms with E-state index in [9.17, 15) is 0 Å². The van der Waals surface area contributed by atoms with Crippen molar-refractivity contribution in [3.05, 3.63) is 49.0 Å². The fourth-order valence-corrected chi connectivity index (χ4v) is 1.75. The molecule has 0 saturated carbocycles. The highest BCUT2D eigenvalue weighted by atomic mass is 15.3. The summed E-state index contributed by atoms with van der Waals surface area (Å²) in [6, 6.07) is 12.2. The van der Waals surface area contributed by atoms with Crippen molar-refractivity contribution in [3.8, 4) is 11.3 Å². The Balaban J connectivity index is 2.47. The van der Waals surface area contributed by atoms with Crippen LogP contribution in [-0.2, 0) is 5.54 Å². The second kappa shape index (κ2) is 3.78. The van der Waals surface area contributed by atoms with Gasteiger partial charge in [0, 0.05) is 11.3 Å². The number of rotatable bonds is 1. The predicted octanol–water partition coefficient (Wildman–Crippen LogP) is 3.49. The maximum Gasteiger partial charge on any atom is 0.0926 e. The van der Waals surface area contributed by atoms with Crippen molar-refractivity contribution in [1.82, 2.24) is 9.78 Å². The second-order valence-electron chi connectivity index (χ2n) is 4.97. The van der Waals surface area contributed by atoms with Gasteiger partial charge in [-0.05, 0) is 33.8 Å². The van der Waals surface area contributed by atoms with Gasteiger partial charge in [0.25, 0.3) is 0 Å². The van der Waals surface area contributed by atoms with E-state index in [4.69, 9.17) is 0 Å². The molecular formula is C14H17N2. The lowest BCUT2D eigenvalue weighted by Gasteiger charge is -2.21. The molecule has 0 aliphatic carbocycles. The van der Waals surface area contributed by atoms with Gasteiger partial charge in [0.1, 0.15) is 0 Å². The second-order valence-corrected chi connectivity index (χ2v) is 4.97. The van der Waals surface area contributed by atoms with Gasteiger partial charge >= 0.3 is 0 Å². The first kappa shape index (κ1) is 10.9. The van der Waals surface area contributed by atoms with Gasteiger partial charge < -0.3 is 0 Å². The highest BCUT2D eigenvalue weighted by Crippen LogP contribution is 2.22. The highest BCUT2D eigenvalue weighted by Gasteiger charge is 2.17. The van der Waals surface area contributed by atoms with Crippen LogP contribution >= 0.6 is 0 Å². The van der Waals surface area contributed by atoms with Crippen molar-refractivity contribution in [2.75, 3.05) is 0 Å². The zero-order valence-corrected chi connectivity index (χ0v) is 10.1. The molecular weight excluding hydrogens is 196 g/mol. The summed E-state index contributed by atoms with van der Waals surface area (Å²) in [6.07, 6.45) is 0. The summed E-state index contributed by atoms with van der Waals surface area (Å²) in [5.41, 5.74) is 3.05. The molecule has 1 heterocycles. The molecule has 1 aromatic heterocycles. The lowest BCUT2D eigenvalue weighted by atomic mass is 10.1. The van der Waals surface area contributed by atoms with Crippen LogP contribution in [0.1, 0.15) is 26.5 Å². The lowest BCUT2D eigenvalue weighted by Crippen LogP contribution is -2.24. The lowest BCUT2D eigenvalue weighted by molar-refractivity contribution is 0.352. The largest absolute Gasteiger partial charge is 0.264 e. The van der Waals surface area contributed by atoms with Gasteiger partial charge in [-0.1, -0.05) is 30.3 Å². The molecule has 0 aliphatic rings. The molecule has 0 bridgehead atoms. The van der Waals surface area contributed by atoms with Crippen LogP contribution in [0.3, 0.4) is 0 Å². The third-order valence-electron chi connectivity index (χ3n) is 2.49. The molecule has 16 heavy (non-hydrogen) atoms. The number of nitrogens with zero attached hydrogens (tertiary/aromatic N) is 2. The first-order valence-corrected chi connectivity index (χ1v) is 5.46. The minimum absolute atomic E-state index is 0.0237. The molecule has 0 N–H and O–H groups in total. The molecule has 0 atom stereocenters. The Morgan fingerprint density at radius 2 is 1.75 bits per heavy atom. The molecule has 0 amide bonds. The molecule has 0 fully saturated rings. The first-order chi connectivity index (χ1) is 7.48. The zero-order valence-electron chi connectivity index (χ0n) is 10.1. The van der Waals surface area contributed by atoms with Crippen LogP contribution in [0.4, 0.5) is 0 Å². The van der Waals surface area contributed by atoms with E-state index in [2.05, 4.69) is 44.9 Å². The molecule has 83 valence electrons. The maximum absolute atomic E-state index is 4.61. The maximum atomic E-state index is 4.61. The van der Waals surface area contributed by atoms with Crippen LogP contribution in [0.2, 0.25) is 0 Å². The summed E-state index contributed by atoms with van der Waals surface area (Å²) in [4.78, 5) is 0. The average Bonchev–Trinajstić information content (AvgIpc) is 2.61. The van der Waals surface area contributed by atoms with Gasteiger partial charge in [-0.25, -0.2) is 0 Å². The van der Waals surface area contributed by atoms with Crippen molar-refractivity contribution in [2.45, 2.75) is 26.3 Å². The molecule has 0 aliphatic heterocycles. The van der Waals surface area contributed by atoms with Crippen LogP contribution in [-0.4, -0.2) is 9.78 Å². The van der Waals surface area contributed by atoms with E-state index in [-0.39, 0.29) is 5.54 Å². The molecule has 2 rings (SSSR count). The summed E-state index contributed by atoms with van der Waals surface area (Å²) in [5, 5.41) is 4.61. The number of aromatic nitrogens is 2. The Labute approximate surface area is 96.9 Å². The zero-order chi connectivity index (χ0) is 11.8. The summed E-state index contributed by atoms with van der Waals surface area (Å²) in [7, 11) is 0. The molecule has 0 saturated heterocycles. The third kappa shape index (κ3) is 2.01. The molecule has 0 unspecified atom stereocenters. The topological polar surface area (TPSA) is 17.8 Å². The predicted molar refractivity (Wildman–Crippen MR) is 67.1 cm³/mol. The van der Waals surface area contributed by atoms with Crippen molar-refractivity contribution in [2.24, 2.45) is 0 Å². The quantitative estimate of drug-likeness (QED) is 0.709. The van der Waals surface area contributed by atoms with E-state index in [1.807, 2.05) is 28.9 Å². The Hall–Kier alpha value is -1.57. The van der Waals surface area contributed by atoms with Crippen molar-refractivity contribution in [1.29, 1.82) is 0 Å². The number of hydrogen-bond acceptors (Lipinski definition) is 1. The normalized spacial score (nSPS) is 11.8. The summed E-state index contributed by atoms with van der Waals surface area (Å²) >= 11 is 0. The van der Waals surface area contributed by atoms with Crippen molar-refractivity contribution < 1.29 is 0 Å². The van der Waals surface area contributed by atoms with E-state index < -0.39 is 0 Å². The Morgan fingerprint density at radius 3 is 2.25 bits per heavy atom. The van der Waals surface area contributed by atoms with E-state index >= 15 is 0 Å². The molecule has 2 heteroatoms. The van der Waals surface area contributed by atoms with Crippen LogP contribution in [0.25, 0.3) is 11.3 Å². The summed E-state index contributed by atoms with van der Waals surface area (Å²) in [6.45, 7) is 10.4. The fourth-order valence-electron chi connectivity index (χ4n) is 1.75. The van der Waals surface area contributed by atoms with E-state index in [0.717, 1.165) is 17.0 Å². The first-order valence-electron chi connectivity index (χ1n) is 5.46. The van der Waals surface area contributed by atoms with Gasteiger partial charge in [-0.3, -0.25) is 4.68 Å². The van der Waals surface area contributed by atoms with Gasteiger partial charge in [0.05, 0.1) is 11.2 Å². The minimum atomic E-state index is -0.0237. The van der Waals surface area contributed by atoms with E-state index in [1.165, 1.54) is 0 Å². The molecule has 2 nitrogen and oxygen atoms in total. The fraction of sp³-hybridized carbons (Fsp3) is 0.286. The van der Waals surface area contributed by atoms with Crippen LogP contribution in [0, 0.1) is 6.92 Å². The molecule has 1 radical (unpaired) electrons. The molecule has 2 aromatic rings.